The Morgan fingerprint density at radius 1 is 1.15 bits per heavy atom. The van der Waals surface area contributed by atoms with E-state index in [0.717, 1.165) is 5.69 Å². The van der Waals surface area contributed by atoms with Crippen molar-refractivity contribution in [3.8, 4) is 5.75 Å². The fourth-order valence-electron chi connectivity index (χ4n) is 2.98. The number of likely N-dealkylation sites (N-methyl/N-ethyl adjacent to an activating group) is 1. The highest BCUT2D eigenvalue weighted by atomic mass is 16.5. The molecule has 0 saturated carbocycles. The van der Waals surface area contributed by atoms with Crippen LogP contribution in [0.5, 0.6) is 5.75 Å². The van der Waals surface area contributed by atoms with Crippen molar-refractivity contribution in [1.29, 1.82) is 0 Å². The number of ether oxygens (including phenoxy) is 1. The number of rotatable bonds is 4. The van der Waals surface area contributed by atoms with E-state index in [0.29, 0.717) is 17.0 Å². The minimum absolute atomic E-state index is 0.119. The van der Waals surface area contributed by atoms with Gasteiger partial charge in [-0.2, -0.15) is 0 Å². The SMILES string of the molecule is CC(=O)c1ccc2c(c1)N(C(C)C(=O)N(C)c1ccccc1)C(=O)CO2. The molecule has 2 aromatic rings. The summed E-state index contributed by atoms with van der Waals surface area (Å²) >= 11 is 0. The summed E-state index contributed by atoms with van der Waals surface area (Å²) in [6.07, 6.45) is 0. The molecule has 0 spiro atoms. The highest BCUT2D eigenvalue weighted by Crippen LogP contribution is 2.35. The molecule has 0 bridgehead atoms. The molecular weight excluding hydrogens is 332 g/mol. The number of anilines is 2. The van der Waals surface area contributed by atoms with Crippen LogP contribution in [0.15, 0.2) is 48.5 Å². The number of fused-ring (bicyclic) bond motifs is 1. The maximum Gasteiger partial charge on any atom is 0.265 e. The van der Waals surface area contributed by atoms with Gasteiger partial charge in [0, 0.05) is 18.3 Å². The van der Waals surface area contributed by atoms with Crippen molar-refractivity contribution in [1.82, 2.24) is 0 Å². The van der Waals surface area contributed by atoms with Crippen molar-refractivity contribution in [2.75, 3.05) is 23.5 Å². The molecule has 6 nitrogen and oxygen atoms in total. The molecule has 0 N–H and O–H groups in total. The zero-order valence-electron chi connectivity index (χ0n) is 14.9. The molecule has 1 heterocycles. The minimum atomic E-state index is -0.738. The van der Waals surface area contributed by atoms with Crippen LogP contribution in [0.1, 0.15) is 24.2 Å². The molecule has 1 atom stereocenters. The molecular formula is C20H20N2O4. The number of hydrogen-bond acceptors (Lipinski definition) is 4. The Morgan fingerprint density at radius 2 is 1.85 bits per heavy atom. The van der Waals surface area contributed by atoms with E-state index in [9.17, 15) is 14.4 Å². The maximum absolute atomic E-state index is 12.9. The van der Waals surface area contributed by atoms with Crippen molar-refractivity contribution in [3.05, 3.63) is 54.1 Å². The van der Waals surface area contributed by atoms with E-state index in [1.54, 1.807) is 32.2 Å². The van der Waals surface area contributed by atoms with E-state index in [2.05, 4.69) is 0 Å². The fourth-order valence-corrected chi connectivity index (χ4v) is 2.98. The topological polar surface area (TPSA) is 66.9 Å². The summed E-state index contributed by atoms with van der Waals surface area (Å²) in [5.74, 6) is -0.186. The van der Waals surface area contributed by atoms with Gasteiger partial charge in [0.15, 0.2) is 12.4 Å². The lowest BCUT2D eigenvalue weighted by Gasteiger charge is -2.35. The highest BCUT2D eigenvalue weighted by molar-refractivity contribution is 6.08. The van der Waals surface area contributed by atoms with Crippen molar-refractivity contribution in [2.45, 2.75) is 19.9 Å². The van der Waals surface area contributed by atoms with Crippen LogP contribution in [0.3, 0.4) is 0 Å². The normalized spacial score (nSPS) is 14.3. The summed E-state index contributed by atoms with van der Waals surface area (Å²) in [4.78, 5) is 40.1. The second-order valence-corrected chi connectivity index (χ2v) is 6.20. The number of nitrogens with zero attached hydrogens (tertiary/aromatic N) is 2. The van der Waals surface area contributed by atoms with Crippen LogP contribution in [0.25, 0.3) is 0 Å². The fraction of sp³-hybridized carbons (Fsp3) is 0.250. The smallest absolute Gasteiger partial charge is 0.265 e. The van der Waals surface area contributed by atoms with Gasteiger partial charge >= 0.3 is 0 Å². The van der Waals surface area contributed by atoms with Crippen LogP contribution in [-0.2, 0) is 9.59 Å². The van der Waals surface area contributed by atoms with Gasteiger partial charge in [-0.25, -0.2) is 0 Å². The lowest BCUT2D eigenvalue weighted by Crippen LogP contribution is -2.52. The molecule has 0 fully saturated rings. The van der Waals surface area contributed by atoms with Gasteiger partial charge in [0.2, 0.25) is 5.91 Å². The first-order chi connectivity index (χ1) is 12.4. The molecule has 1 aliphatic heterocycles. The number of benzene rings is 2. The number of Topliss-reactive ketones (excluding diaryl/α,β-unsaturated/α-hetero) is 1. The number of carbonyl (C=O) groups excluding carboxylic acids is 3. The average Bonchev–Trinajstić information content (AvgIpc) is 2.66. The van der Waals surface area contributed by atoms with Gasteiger partial charge in [-0.3, -0.25) is 19.3 Å². The summed E-state index contributed by atoms with van der Waals surface area (Å²) in [6, 6.07) is 13.4. The first kappa shape index (κ1) is 17.7. The molecule has 2 amide bonds. The Hall–Kier alpha value is -3.15. The summed E-state index contributed by atoms with van der Waals surface area (Å²) in [7, 11) is 1.67. The van der Waals surface area contributed by atoms with Gasteiger partial charge in [0.25, 0.3) is 5.91 Å². The monoisotopic (exact) mass is 352 g/mol. The first-order valence-corrected chi connectivity index (χ1v) is 8.32. The zero-order valence-corrected chi connectivity index (χ0v) is 14.9. The predicted molar refractivity (Wildman–Crippen MR) is 98.7 cm³/mol. The Bertz CT molecular complexity index is 863. The molecule has 3 rings (SSSR count). The summed E-state index contributed by atoms with van der Waals surface area (Å²) in [5.41, 5.74) is 1.64. The van der Waals surface area contributed by atoms with E-state index >= 15 is 0 Å². The van der Waals surface area contributed by atoms with Crippen LogP contribution in [-0.4, -0.2) is 37.3 Å². The Balaban J connectivity index is 1.95. The number of amides is 2. The van der Waals surface area contributed by atoms with Gasteiger partial charge in [0.1, 0.15) is 11.8 Å². The molecule has 26 heavy (non-hydrogen) atoms. The maximum atomic E-state index is 12.9. The van der Waals surface area contributed by atoms with E-state index in [1.165, 1.54) is 16.7 Å². The van der Waals surface area contributed by atoms with Crippen molar-refractivity contribution in [2.24, 2.45) is 0 Å². The Morgan fingerprint density at radius 3 is 2.50 bits per heavy atom. The second kappa shape index (κ2) is 7.00. The lowest BCUT2D eigenvalue weighted by molar-refractivity contribution is -0.126. The molecule has 1 aliphatic rings. The van der Waals surface area contributed by atoms with Crippen molar-refractivity contribution in [3.63, 3.8) is 0 Å². The van der Waals surface area contributed by atoms with Crippen LogP contribution in [0, 0.1) is 0 Å². The van der Waals surface area contributed by atoms with E-state index in [-0.39, 0.29) is 24.2 Å². The molecule has 2 aromatic carbocycles. The van der Waals surface area contributed by atoms with Gasteiger partial charge in [0.05, 0.1) is 5.69 Å². The molecule has 6 heteroatoms. The Labute approximate surface area is 152 Å². The number of ketones is 1. The number of hydrogen-bond donors (Lipinski definition) is 0. The van der Waals surface area contributed by atoms with E-state index in [4.69, 9.17) is 4.74 Å². The minimum Gasteiger partial charge on any atom is -0.482 e. The largest absolute Gasteiger partial charge is 0.482 e. The van der Waals surface area contributed by atoms with E-state index < -0.39 is 6.04 Å². The van der Waals surface area contributed by atoms with Crippen LogP contribution in [0.2, 0.25) is 0 Å². The van der Waals surface area contributed by atoms with Crippen LogP contribution < -0.4 is 14.5 Å². The Kier molecular flexibility index (Phi) is 4.75. The first-order valence-electron chi connectivity index (χ1n) is 8.32. The van der Waals surface area contributed by atoms with Gasteiger partial charge in [-0.15, -0.1) is 0 Å². The quantitative estimate of drug-likeness (QED) is 0.794. The summed E-state index contributed by atoms with van der Waals surface area (Å²) < 4.78 is 5.45. The number of carbonyl (C=O) groups is 3. The molecule has 1 unspecified atom stereocenters. The zero-order chi connectivity index (χ0) is 18.8. The van der Waals surface area contributed by atoms with E-state index in [1.807, 2.05) is 30.3 Å². The molecule has 0 radical (unpaired) electrons. The third-order valence-corrected chi connectivity index (χ3v) is 4.46. The standard InChI is InChI=1S/C20H20N2O4/c1-13(20(25)21(3)16-7-5-4-6-8-16)22-17-11-15(14(2)23)9-10-18(17)26-12-19(22)24/h4-11,13H,12H2,1-3H3. The summed E-state index contributed by atoms with van der Waals surface area (Å²) in [6.45, 7) is 2.99. The third-order valence-electron chi connectivity index (χ3n) is 4.46. The molecule has 0 saturated heterocycles. The number of para-hydroxylation sites is 1. The molecule has 134 valence electrons. The second-order valence-electron chi connectivity index (χ2n) is 6.20. The lowest BCUT2D eigenvalue weighted by atomic mass is 10.1. The van der Waals surface area contributed by atoms with Gasteiger partial charge in [-0.1, -0.05) is 18.2 Å². The van der Waals surface area contributed by atoms with Crippen LogP contribution in [0.4, 0.5) is 11.4 Å². The molecule has 0 aliphatic carbocycles. The average molecular weight is 352 g/mol. The van der Waals surface area contributed by atoms with Crippen LogP contribution >= 0.6 is 0 Å². The third kappa shape index (κ3) is 3.18. The molecule has 0 aromatic heterocycles. The predicted octanol–water partition coefficient (Wildman–Crippen LogP) is 2.67. The van der Waals surface area contributed by atoms with Crippen molar-refractivity contribution >= 4 is 29.0 Å². The highest BCUT2D eigenvalue weighted by Gasteiger charge is 2.35. The van der Waals surface area contributed by atoms with Crippen molar-refractivity contribution < 1.29 is 19.1 Å². The van der Waals surface area contributed by atoms with Gasteiger partial charge in [-0.05, 0) is 44.2 Å². The van der Waals surface area contributed by atoms with Gasteiger partial charge < -0.3 is 9.64 Å². The summed E-state index contributed by atoms with van der Waals surface area (Å²) in [5, 5.41) is 0.